The first-order valence-corrected chi connectivity index (χ1v) is 10.3. The van der Waals surface area contributed by atoms with E-state index in [2.05, 4.69) is 15.0 Å². The smallest absolute Gasteiger partial charge is 0.263 e. The van der Waals surface area contributed by atoms with Gasteiger partial charge < -0.3 is 24.7 Å². The van der Waals surface area contributed by atoms with E-state index in [4.69, 9.17) is 9.83 Å². The highest BCUT2D eigenvalue weighted by atomic mass is 35.5. The fraction of sp³-hybridized carbons (Fsp3) is 0.261. The molecule has 1 saturated heterocycles. The van der Waals surface area contributed by atoms with Crippen LogP contribution in [0.5, 0.6) is 5.88 Å². The van der Waals surface area contributed by atoms with Crippen molar-refractivity contribution in [3.8, 4) is 5.88 Å². The molecular weight excluding hydrogens is 430 g/mol. The molecule has 3 aromatic rings. The molecule has 0 spiro atoms. The van der Waals surface area contributed by atoms with Crippen molar-refractivity contribution in [2.45, 2.75) is 0 Å². The Kier molecular flexibility index (Phi) is 6.16. The average molecular weight is 454 g/mol. The van der Waals surface area contributed by atoms with Crippen LogP contribution in [-0.2, 0) is 9.63 Å². The highest BCUT2D eigenvalue weighted by Crippen LogP contribution is 2.35. The molecule has 0 unspecified atom stereocenters. The average Bonchev–Trinajstić information content (AvgIpc) is 3.30. The molecule has 8 nitrogen and oxygen atoms in total. The third-order valence-electron chi connectivity index (χ3n) is 5.74. The summed E-state index contributed by atoms with van der Waals surface area (Å²) in [5.41, 5.74) is 3.94. The van der Waals surface area contributed by atoms with Gasteiger partial charge >= 0.3 is 0 Å². The fourth-order valence-electron chi connectivity index (χ4n) is 4.01. The highest BCUT2D eigenvalue weighted by Gasteiger charge is 2.29. The summed E-state index contributed by atoms with van der Waals surface area (Å²) < 4.78 is 0. The fourth-order valence-corrected chi connectivity index (χ4v) is 4.01. The number of fused-ring (bicyclic) bond motifs is 2. The van der Waals surface area contributed by atoms with Crippen LogP contribution in [0.3, 0.4) is 0 Å². The lowest BCUT2D eigenvalue weighted by Gasteiger charge is -2.32. The van der Waals surface area contributed by atoms with Gasteiger partial charge in [-0.05, 0) is 19.2 Å². The van der Waals surface area contributed by atoms with E-state index in [9.17, 15) is 9.90 Å². The lowest BCUT2D eigenvalue weighted by Crippen LogP contribution is -2.48. The minimum Gasteiger partial charge on any atom is -0.494 e. The second-order valence-electron chi connectivity index (χ2n) is 7.77. The minimum atomic E-state index is -0.136. The summed E-state index contributed by atoms with van der Waals surface area (Å²) in [5, 5.41) is 15.7. The number of aromatic nitrogens is 1. The number of carbonyl (C=O) groups excluding carboxylic acids is 1. The molecule has 0 aliphatic carbocycles. The molecule has 1 amide bonds. The first kappa shape index (κ1) is 21.9. The summed E-state index contributed by atoms with van der Waals surface area (Å²) in [6.45, 7) is 2.94. The van der Waals surface area contributed by atoms with Crippen molar-refractivity contribution in [3.63, 3.8) is 0 Å². The summed E-state index contributed by atoms with van der Waals surface area (Å²) in [6, 6.07) is 15.2. The zero-order valence-corrected chi connectivity index (χ0v) is 18.4. The number of likely N-dealkylation sites (N-methyl/N-ethyl adjacent to an activating group) is 1. The van der Waals surface area contributed by atoms with Crippen LogP contribution >= 0.6 is 12.4 Å². The number of nitrogens with zero attached hydrogens (tertiary/aromatic N) is 4. The van der Waals surface area contributed by atoms with Gasteiger partial charge in [-0.15, -0.1) is 12.4 Å². The van der Waals surface area contributed by atoms with Gasteiger partial charge in [0, 0.05) is 42.6 Å². The lowest BCUT2D eigenvalue weighted by molar-refractivity contribution is -0.137. The largest absolute Gasteiger partial charge is 0.494 e. The van der Waals surface area contributed by atoms with Gasteiger partial charge in [0.2, 0.25) is 0 Å². The van der Waals surface area contributed by atoms with Gasteiger partial charge in [-0.3, -0.25) is 4.79 Å². The number of aromatic amines is 1. The van der Waals surface area contributed by atoms with Gasteiger partial charge in [-0.1, -0.05) is 41.6 Å². The Morgan fingerprint density at radius 3 is 2.66 bits per heavy atom. The summed E-state index contributed by atoms with van der Waals surface area (Å²) in [5.74, 6) is -0.0638. The second kappa shape index (κ2) is 9.02. The molecule has 2 aliphatic heterocycles. The molecule has 32 heavy (non-hydrogen) atoms. The molecular formula is C23H24ClN5O3. The van der Waals surface area contributed by atoms with Crippen molar-refractivity contribution in [1.82, 2.24) is 14.8 Å². The standard InChI is InChI=1S/C23H23N5O3.ClH/c1-27-10-12-28(13-11-27)19(29)14-31-26-21-16-7-3-5-9-18(16)24-22(21)20-15-6-2-4-8-17(15)25-23(20)30;/h2-9,25,30H,10-14H2,1H3;1H/b26-21+;. The molecule has 0 radical (unpaired) electrons. The van der Waals surface area contributed by atoms with E-state index in [0.29, 0.717) is 30.1 Å². The van der Waals surface area contributed by atoms with Gasteiger partial charge in [0.25, 0.3) is 5.91 Å². The zero-order chi connectivity index (χ0) is 21.4. The molecule has 0 saturated carbocycles. The van der Waals surface area contributed by atoms with Crippen molar-refractivity contribution in [2.75, 3.05) is 39.8 Å². The van der Waals surface area contributed by atoms with Crippen LogP contribution in [0, 0.1) is 0 Å². The summed E-state index contributed by atoms with van der Waals surface area (Å²) in [4.78, 5) is 29.7. The van der Waals surface area contributed by atoms with E-state index in [1.165, 1.54) is 0 Å². The van der Waals surface area contributed by atoms with Crippen LogP contribution in [0.1, 0.15) is 11.1 Å². The van der Waals surface area contributed by atoms with Crippen LogP contribution in [-0.4, -0.2) is 77.1 Å². The Labute approximate surface area is 191 Å². The number of halogens is 1. The van der Waals surface area contributed by atoms with E-state index >= 15 is 0 Å². The van der Waals surface area contributed by atoms with Crippen molar-refractivity contribution >= 4 is 46.3 Å². The molecule has 0 atom stereocenters. The van der Waals surface area contributed by atoms with Gasteiger partial charge in [0.1, 0.15) is 11.4 Å². The maximum absolute atomic E-state index is 12.5. The number of carbonyl (C=O) groups is 1. The SMILES string of the molecule is CN1CCN(C(=O)CO/N=C2/C(c3c(O)[nH]c4ccccc34)=Nc3ccccc32)CC1.Cl. The lowest BCUT2D eigenvalue weighted by atomic mass is 10.0. The Bertz CT molecular complexity index is 1210. The topological polar surface area (TPSA) is 93.5 Å². The minimum absolute atomic E-state index is 0. The van der Waals surface area contributed by atoms with Gasteiger partial charge in [0.05, 0.1) is 11.3 Å². The van der Waals surface area contributed by atoms with Gasteiger partial charge in [-0.2, -0.15) is 0 Å². The number of benzene rings is 2. The predicted octanol–water partition coefficient (Wildman–Crippen LogP) is 2.92. The molecule has 2 aromatic carbocycles. The quantitative estimate of drug-likeness (QED) is 0.594. The number of hydrogen-bond donors (Lipinski definition) is 2. The van der Waals surface area contributed by atoms with Crippen LogP contribution < -0.4 is 0 Å². The van der Waals surface area contributed by atoms with Crippen LogP contribution in [0.25, 0.3) is 10.9 Å². The number of hydrogen-bond acceptors (Lipinski definition) is 6. The van der Waals surface area contributed by atoms with E-state index in [-0.39, 0.29) is 30.8 Å². The highest BCUT2D eigenvalue weighted by molar-refractivity contribution is 6.58. The number of aliphatic imine (C=N–C) groups is 1. The van der Waals surface area contributed by atoms with Crippen LogP contribution in [0.4, 0.5) is 5.69 Å². The monoisotopic (exact) mass is 453 g/mol. The molecule has 9 heteroatoms. The third-order valence-corrected chi connectivity index (χ3v) is 5.74. The molecule has 1 fully saturated rings. The molecule has 1 aromatic heterocycles. The summed E-state index contributed by atoms with van der Waals surface area (Å²) >= 11 is 0. The molecule has 166 valence electrons. The number of piperazine rings is 1. The normalized spacial score (nSPS) is 17.2. The molecule has 0 bridgehead atoms. The Morgan fingerprint density at radius 1 is 1.12 bits per heavy atom. The van der Waals surface area contributed by atoms with Gasteiger partial charge in [0.15, 0.2) is 12.5 Å². The number of nitrogens with one attached hydrogen (secondary N) is 1. The van der Waals surface area contributed by atoms with Crippen molar-refractivity contribution in [1.29, 1.82) is 0 Å². The van der Waals surface area contributed by atoms with Crippen molar-refractivity contribution in [2.24, 2.45) is 10.1 Å². The van der Waals surface area contributed by atoms with E-state index in [1.54, 1.807) is 4.90 Å². The number of H-pyrrole nitrogens is 1. The number of amides is 1. The van der Waals surface area contributed by atoms with E-state index < -0.39 is 0 Å². The Balaban J connectivity index is 0.00000245. The number of para-hydroxylation sites is 2. The first-order valence-electron chi connectivity index (χ1n) is 10.3. The summed E-state index contributed by atoms with van der Waals surface area (Å²) in [7, 11) is 2.04. The third kappa shape index (κ3) is 3.94. The number of rotatable bonds is 4. The predicted molar refractivity (Wildman–Crippen MR) is 126 cm³/mol. The first-order chi connectivity index (χ1) is 15.1. The number of oxime groups is 1. The van der Waals surface area contributed by atoms with Crippen LogP contribution in [0.15, 0.2) is 58.7 Å². The molecule has 2 N–H and O–H groups in total. The Hall–Kier alpha value is -3.36. The Morgan fingerprint density at radius 2 is 1.84 bits per heavy atom. The number of aromatic hydroxyl groups is 1. The van der Waals surface area contributed by atoms with E-state index in [1.807, 2.05) is 55.6 Å². The zero-order valence-electron chi connectivity index (χ0n) is 17.6. The molecule has 5 rings (SSSR count). The van der Waals surface area contributed by atoms with Crippen molar-refractivity contribution < 1.29 is 14.7 Å². The second-order valence-corrected chi connectivity index (χ2v) is 7.77. The summed E-state index contributed by atoms with van der Waals surface area (Å²) in [6.07, 6.45) is 0. The maximum atomic E-state index is 12.5. The van der Waals surface area contributed by atoms with E-state index in [0.717, 1.165) is 35.2 Å². The maximum Gasteiger partial charge on any atom is 0.263 e. The molecule has 2 aliphatic rings. The molecule has 3 heterocycles. The van der Waals surface area contributed by atoms with Gasteiger partial charge in [-0.25, -0.2) is 4.99 Å². The van der Waals surface area contributed by atoms with Crippen LogP contribution in [0.2, 0.25) is 0 Å². The van der Waals surface area contributed by atoms with Crippen molar-refractivity contribution in [3.05, 3.63) is 59.7 Å².